The largest absolute Gasteiger partial charge is 0.396 e. The van der Waals surface area contributed by atoms with E-state index in [-0.39, 0.29) is 12.0 Å². The van der Waals surface area contributed by atoms with Crippen LogP contribution in [0.2, 0.25) is 0 Å². The van der Waals surface area contributed by atoms with E-state index in [0.717, 1.165) is 57.9 Å². The van der Waals surface area contributed by atoms with E-state index in [1.807, 2.05) is 0 Å². The Morgan fingerprint density at radius 3 is 2.82 bits per heavy atom. The minimum absolute atomic E-state index is 0.00523. The van der Waals surface area contributed by atoms with Crippen LogP contribution in [0.1, 0.15) is 39.5 Å². The van der Waals surface area contributed by atoms with E-state index in [1.165, 1.54) is 0 Å². The average molecular weight is 315 g/mol. The van der Waals surface area contributed by atoms with Gasteiger partial charge in [0.2, 0.25) is 0 Å². The Hall–Kier alpha value is -0.850. The summed E-state index contributed by atoms with van der Waals surface area (Å²) in [5, 5.41) is 15.8. The van der Waals surface area contributed by atoms with Crippen LogP contribution in [0.4, 0.5) is 0 Å². The molecular formula is C16H33N3O3. The van der Waals surface area contributed by atoms with Crippen LogP contribution in [0.5, 0.6) is 0 Å². The summed E-state index contributed by atoms with van der Waals surface area (Å²) in [5.74, 6) is 0.811. The smallest absolute Gasteiger partial charge is 0.191 e. The van der Waals surface area contributed by atoms with Crippen molar-refractivity contribution in [2.75, 3.05) is 52.7 Å². The van der Waals surface area contributed by atoms with Crippen LogP contribution in [-0.4, -0.2) is 63.7 Å². The maximum atomic E-state index is 9.25. The second-order valence-electron chi connectivity index (χ2n) is 5.86. The first kappa shape index (κ1) is 19.2. The summed E-state index contributed by atoms with van der Waals surface area (Å²) in [6.07, 6.45) is 3.98. The molecule has 0 spiro atoms. The molecule has 6 heteroatoms. The molecule has 0 amide bonds. The normalized spacial score (nSPS) is 22.0. The van der Waals surface area contributed by atoms with Gasteiger partial charge < -0.3 is 25.2 Å². The molecule has 1 saturated heterocycles. The zero-order valence-corrected chi connectivity index (χ0v) is 14.2. The van der Waals surface area contributed by atoms with Crippen LogP contribution in [0.15, 0.2) is 4.99 Å². The molecule has 0 radical (unpaired) electrons. The lowest BCUT2D eigenvalue weighted by atomic mass is 9.84. The summed E-state index contributed by atoms with van der Waals surface area (Å²) in [6, 6.07) is 0. The van der Waals surface area contributed by atoms with Crippen molar-refractivity contribution in [2.24, 2.45) is 10.4 Å². The number of unbranched alkanes of at least 4 members (excludes halogenated alkanes) is 1. The van der Waals surface area contributed by atoms with Crippen molar-refractivity contribution >= 4 is 5.96 Å². The SMILES string of the molecule is CCCCOCCNC(=NCC1(CCO)CCOC1)NCC. The summed E-state index contributed by atoms with van der Waals surface area (Å²) in [4.78, 5) is 4.67. The lowest BCUT2D eigenvalue weighted by Gasteiger charge is -2.24. The molecule has 1 heterocycles. The molecule has 0 aliphatic carbocycles. The van der Waals surface area contributed by atoms with E-state index in [4.69, 9.17) is 9.47 Å². The molecule has 1 atom stereocenters. The van der Waals surface area contributed by atoms with Gasteiger partial charge in [-0.2, -0.15) is 0 Å². The fourth-order valence-electron chi connectivity index (χ4n) is 2.47. The number of ether oxygens (including phenoxy) is 2. The summed E-state index contributed by atoms with van der Waals surface area (Å²) < 4.78 is 11.0. The third-order valence-corrected chi connectivity index (χ3v) is 3.92. The first-order valence-electron chi connectivity index (χ1n) is 8.55. The standard InChI is InChI=1S/C16H33N3O3/c1-3-5-10-21-12-8-18-15(17-4-2)19-13-16(6-9-20)7-11-22-14-16/h20H,3-14H2,1-2H3,(H2,17,18,19). The number of aliphatic hydroxyl groups is 1. The number of nitrogens with zero attached hydrogens (tertiary/aromatic N) is 1. The molecule has 22 heavy (non-hydrogen) atoms. The van der Waals surface area contributed by atoms with Crippen molar-refractivity contribution in [3.05, 3.63) is 0 Å². The Kier molecular flexibility index (Phi) is 10.2. The molecule has 1 unspecified atom stereocenters. The molecular weight excluding hydrogens is 282 g/mol. The molecule has 0 aromatic carbocycles. The predicted molar refractivity (Wildman–Crippen MR) is 89.3 cm³/mol. The van der Waals surface area contributed by atoms with E-state index < -0.39 is 0 Å². The van der Waals surface area contributed by atoms with Gasteiger partial charge in [-0.25, -0.2) is 0 Å². The van der Waals surface area contributed by atoms with E-state index in [0.29, 0.717) is 19.8 Å². The van der Waals surface area contributed by atoms with Crippen molar-refractivity contribution in [2.45, 2.75) is 39.5 Å². The predicted octanol–water partition coefficient (Wildman–Crippen LogP) is 1.15. The molecule has 1 aliphatic heterocycles. The molecule has 0 aromatic rings. The minimum Gasteiger partial charge on any atom is -0.396 e. The third kappa shape index (κ3) is 7.42. The number of hydrogen-bond donors (Lipinski definition) is 3. The summed E-state index contributed by atoms with van der Waals surface area (Å²) in [6.45, 7) is 9.63. The van der Waals surface area contributed by atoms with Crippen molar-refractivity contribution in [1.29, 1.82) is 0 Å². The Bertz CT molecular complexity index is 305. The van der Waals surface area contributed by atoms with Gasteiger partial charge in [0.1, 0.15) is 0 Å². The van der Waals surface area contributed by atoms with Gasteiger partial charge in [-0.1, -0.05) is 13.3 Å². The van der Waals surface area contributed by atoms with Gasteiger partial charge in [-0.05, 0) is 26.2 Å². The second-order valence-corrected chi connectivity index (χ2v) is 5.86. The number of aliphatic imine (C=N–C) groups is 1. The van der Waals surface area contributed by atoms with E-state index >= 15 is 0 Å². The zero-order valence-electron chi connectivity index (χ0n) is 14.2. The Morgan fingerprint density at radius 2 is 2.18 bits per heavy atom. The van der Waals surface area contributed by atoms with Crippen LogP contribution in [0.3, 0.4) is 0 Å². The highest BCUT2D eigenvalue weighted by molar-refractivity contribution is 5.79. The molecule has 3 N–H and O–H groups in total. The summed E-state index contributed by atoms with van der Waals surface area (Å²) in [5.41, 5.74) is -0.00523. The summed E-state index contributed by atoms with van der Waals surface area (Å²) in [7, 11) is 0. The number of rotatable bonds is 11. The van der Waals surface area contributed by atoms with Crippen molar-refractivity contribution in [3.63, 3.8) is 0 Å². The van der Waals surface area contributed by atoms with Crippen LogP contribution in [0.25, 0.3) is 0 Å². The van der Waals surface area contributed by atoms with Crippen LogP contribution in [0, 0.1) is 5.41 Å². The Labute approximate surface area is 134 Å². The first-order chi connectivity index (χ1) is 10.8. The quantitative estimate of drug-likeness (QED) is 0.303. The molecule has 6 nitrogen and oxygen atoms in total. The second kappa shape index (κ2) is 11.7. The van der Waals surface area contributed by atoms with Gasteiger partial charge in [0.15, 0.2) is 5.96 Å². The topological polar surface area (TPSA) is 75.1 Å². The fraction of sp³-hybridized carbons (Fsp3) is 0.938. The number of nitrogens with one attached hydrogen (secondary N) is 2. The minimum atomic E-state index is -0.00523. The molecule has 1 aliphatic rings. The molecule has 0 saturated carbocycles. The first-order valence-corrected chi connectivity index (χ1v) is 8.55. The molecule has 0 bridgehead atoms. The zero-order chi connectivity index (χ0) is 16.1. The average Bonchev–Trinajstić information content (AvgIpc) is 2.97. The van der Waals surface area contributed by atoms with Crippen LogP contribution < -0.4 is 10.6 Å². The fourth-order valence-corrected chi connectivity index (χ4v) is 2.47. The molecule has 1 fully saturated rings. The van der Waals surface area contributed by atoms with Crippen LogP contribution >= 0.6 is 0 Å². The van der Waals surface area contributed by atoms with E-state index in [9.17, 15) is 5.11 Å². The van der Waals surface area contributed by atoms with Crippen molar-refractivity contribution in [3.8, 4) is 0 Å². The van der Waals surface area contributed by atoms with Gasteiger partial charge in [-0.3, -0.25) is 4.99 Å². The maximum absolute atomic E-state index is 9.25. The number of guanidine groups is 1. The molecule has 130 valence electrons. The van der Waals surface area contributed by atoms with E-state index in [1.54, 1.807) is 0 Å². The van der Waals surface area contributed by atoms with Gasteiger partial charge in [0.05, 0.1) is 19.8 Å². The highest BCUT2D eigenvalue weighted by Crippen LogP contribution is 2.32. The lowest BCUT2D eigenvalue weighted by Crippen LogP contribution is -2.40. The maximum Gasteiger partial charge on any atom is 0.191 e. The monoisotopic (exact) mass is 315 g/mol. The number of hydrogen-bond acceptors (Lipinski definition) is 4. The van der Waals surface area contributed by atoms with Gasteiger partial charge in [0.25, 0.3) is 0 Å². The van der Waals surface area contributed by atoms with E-state index in [2.05, 4.69) is 29.5 Å². The summed E-state index contributed by atoms with van der Waals surface area (Å²) >= 11 is 0. The Morgan fingerprint density at radius 1 is 1.32 bits per heavy atom. The van der Waals surface area contributed by atoms with Gasteiger partial charge in [0, 0.05) is 38.3 Å². The van der Waals surface area contributed by atoms with Gasteiger partial charge >= 0.3 is 0 Å². The van der Waals surface area contributed by atoms with Crippen molar-refractivity contribution < 1.29 is 14.6 Å². The van der Waals surface area contributed by atoms with Gasteiger partial charge in [-0.15, -0.1) is 0 Å². The number of aliphatic hydroxyl groups excluding tert-OH is 1. The molecule has 0 aromatic heterocycles. The van der Waals surface area contributed by atoms with Crippen LogP contribution in [-0.2, 0) is 9.47 Å². The van der Waals surface area contributed by atoms with Crippen molar-refractivity contribution in [1.82, 2.24) is 10.6 Å². The lowest BCUT2D eigenvalue weighted by molar-refractivity contribution is 0.130. The third-order valence-electron chi connectivity index (χ3n) is 3.92. The highest BCUT2D eigenvalue weighted by atomic mass is 16.5. The molecule has 1 rings (SSSR count). The Balaban J connectivity index is 2.36. The highest BCUT2D eigenvalue weighted by Gasteiger charge is 2.34.